The van der Waals surface area contributed by atoms with E-state index in [1.807, 2.05) is 13.8 Å². The summed E-state index contributed by atoms with van der Waals surface area (Å²) in [5, 5.41) is 7.97. The van der Waals surface area contributed by atoms with Gasteiger partial charge in [0.2, 0.25) is 0 Å². The molecule has 1 N–H and O–H groups in total. The van der Waals surface area contributed by atoms with Crippen LogP contribution in [0.1, 0.15) is 13.8 Å². The van der Waals surface area contributed by atoms with Gasteiger partial charge in [0.1, 0.15) is 0 Å². The molecule has 0 aromatic heterocycles. The minimum Gasteiger partial charge on any atom is -0.429 e. The lowest BCUT2D eigenvalue weighted by Gasteiger charge is -1.99. The molecule has 0 saturated heterocycles. The van der Waals surface area contributed by atoms with Crippen LogP contribution in [0.3, 0.4) is 0 Å². The average Bonchev–Trinajstić information content (AvgIpc) is 1.61. The highest BCUT2D eigenvalue weighted by molar-refractivity contribution is 6.15. The molecule has 0 aliphatic heterocycles. The molecule has 0 unspecified atom stereocenters. The van der Waals surface area contributed by atoms with Gasteiger partial charge in [0.15, 0.2) is 0 Å². The highest BCUT2D eigenvalue weighted by Crippen LogP contribution is 1.88. The topological polar surface area (TPSA) is 29.5 Å². The smallest absolute Gasteiger partial charge is 0.429 e. The summed E-state index contributed by atoms with van der Waals surface area (Å²) in [6.07, 6.45) is 0. The van der Waals surface area contributed by atoms with Gasteiger partial charge in [0, 0.05) is 6.61 Å². The SMILES string of the molecule is CC(C)CO[B]O. The second-order valence-corrected chi connectivity index (χ2v) is 1.83. The summed E-state index contributed by atoms with van der Waals surface area (Å²) in [5.74, 6) is 0.489. The molecule has 0 aromatic rings. The summed E-state index contributed by atoms with van der Waals surface area (Å²) in [5.41, 5.74) is 0. The molecule has 0 spiro atoms. The Balaban J connectivity index is 2.68. The zero-order valence-corrected chi connectivity index (χ0v) is 4.72. The Kier molecular flexibility index (Phi) is 4.14. The molecule has 0 amide bonds. The molecule has 0 aromatic carbocycles. The van der Waals surface area contributed by atoms with E-state index >= 15 is 0 Å². The molecule has 0 saturated carbocycles. The third-order valence-corrected chi connectivity index (χ3v) is 0.504. The van der Waals surface area contributed by atoms with Crippen molar-refractivity contribution in [3.05, 3.63) is 0 Å². The Bertz CT molecular complexity index is 38.7. The third-order valence-electron chi connectivity index (χ3n) is 0.504. The van der Waals surface area contributed by atoms with Gasteiger partial charge in [-0.05, 0) is 5.92 Å². The summed E-state index contributed by atoms with van der Waals surface area (Å²) in [6, 6.07) is 0. The van der Waals surface area contributed by atoms with E-state index < -0.39 is 0 Å². The molecule has 2 nitrogen and oxygen atoms in total. The van der Waals surface area contributed by atoms with Crippen molar-refractivity contribution in [3.8, 4) is 0 Å². The van der Waals surface area contributed by atoms with Crippen molar-refractivity contribution in [2.75, 3.05) is 6.61 Å². The predicted octanol–water partition coefficient (Wildman–Crippen LogP) is 0.186. The molecule has 7 heavy (non-hydrogen) atoms. The standard InChI is InChI=1S/C4H10BO2/c1-4(2)3-7-5-6/h4,6H,3H2,1-2H3. The summed E-state index contributed by atoms with van der Waals surface area (Å²) in [7, 11) is 0.722. The lowest BCUT2D eigenvalue weighted by atomic mass is 10.2. The van der Waals surface area contributed by atoms with Crippen molar-refractivity contribution in [2.24, 2.45) is 5.92 Å². The molecule has 3 heteroatoms. The van der Waals surface area contributed by atoms with E-state index in [1.165, 1.54) is 0 Å². The van der Waals surface area contributed by atoms with Crippen LogP contribution in [0, 0.1) is 5.92 Å². The lowest BCUT2D eigenvalue weighted by Crippen LogP contribution is -2.04. The second-order valence-electron chi connectivity index (χ2n) is 1.83. The van der Waals surface area contributed by atoms with E-state index in [0.717, 1.165) is 7.69 Å². The first kappa shape index (κ1) is 6.98. The zero-order chi connectivity index (χ0) is 5.70. The molecular formula is C4H10BO2. The fourth-order valence-corrected chi connectivity index (χ4v) is 0.235. The predicted molar refractivity (Wildman–Crippen MR) is 28.8 cm³/mol. The fourth-order valence-electron chi connectivity index (χ4n) is 0.235. The van der Waals surface area contributed by atoms with E-state index in [4.69, 9.17) is 5.02 Å². The number of hydrogen-bond acceptors (Lipinski definition) is 2. The van der Waals surface area contributed by atoms with Crippen LogP contribution in [0.25, 0.3) is 0 Å². The van der Waals surface area contributed by atoms with Crippen molar-refractivity contribution in [2.45, 2.75) is 13.8 Å². The van der Waals surface area contributed by atoms with E-state index in [-0.39, 0.29) is 0 Å². The largest absolute Gasteiger partial charge is 0.485 e. The molecule has 41 valence electrons. The van der Waals surface area contributed by atoms with Crippen LogP contribution in [0.5, 0.6) is 0 Å². The zero-order valence-electron chi connectivity index (χ0n) is 4.72. The highest BCUT2D eigenvalue weighted by atomic mass is 16.5. The van der Waals surface area contributed by atoms with E-state index in [9.17, 15) is 0 Å². The maximum atomic E-state index is 7.97. The van der Waals surface area contributed by atoms with Gasteiger partial charge in [-0.3, -0.25) is 0 Å². The Hall–Kier alpha value is -0.0151. The van der Waals surface area contributed by atoms with E-state index in [2.05, 4.69) is 4.65 Å². The van der Waals surface area contributed by atoms with Crippen molar-refractivity contribution >= 4 is 7.69 Å². The molecular weight excluding hydrogens is 90.9 g/mol. The fraction of sp³-hybridized carbons (Fsp3) is 1.00. The molecule has 0 aliphatic carbocycles. The van der Waals surface area contributed by atoms with Crippen LogP contribution in [-0.4, -0.2) is 19.3 Å². The van der Waals surface area contributed by atoms with Crippen LogP contribution >= 0.6 is 0 Å². The Morgan fingerprint density at radius 3 is 2.43 bits per heavy atom. The molecule has 1 radical (unpaired) electrons. The van der Waals surface area contributed by atoms with Crippen molar-refractivity contribution in [1.82, 2.24) is 0 Å². The van der Waals surface area contributed by atoms with Gasteiger partial charge < -0.3 is 9.68 Å². The maximum absolute atomic E-state index is 7.97. The summed E-state index contributed by atoms with van der Waals surface area (Å²) >= 11 is 0. The molecule has 0 fully saturated rings. The maximum Gasteiger partial charge on any atom is 0.485 e. The van der Waals surface area contributed by atoms with Gasteiger partial charge in [0.25, 0.3) is 0 Å². The lowest BCUT2D eigenvalue weighted by molar-refractivity contribution is 0.246. The molecule has 0 heterocycles. The van der Waals surface area contributed by atoms with Crippen molar-refractivity contribution in [3.63, 3.8) is 0 Å². The first-order chi connectivity index (χ1) is 3.27. The minimum atomic E-state index is 0.489. The monoisotopic (exact) mass is 101 g/mol. The average molecular weight is 101 g/mol. The number of rotatable bonds is 3. The first-order valence-corrected chi connectivity index (χ1v) is 2.35. The summed E-state index contributed by atoms with van der Waals surface area (Å²) in [6.45, 7) is 4.63. The second kappa shape index (κ2) is 4.15. The van der Waals surface area contributed by atoms with E-state index in [1.54, 1.807) is 0 Å². The van der Waals surface area contributed by atoms with Crippen molar-refractivity contribution < 1.29 is 9.68 Å². The minimum absolute atomic E-state index is 0.489. The van der Waals surface area contributed by atoms with Gasteiger partial charge in [-0.2, -0.15) is 0 Å². The van der Waals surface area contributed by atoms with Gasteiger partial charge in [0.05, 0.1) is 0 Å². The van der Waals surface area contributed by atoms with Crippen LogP contribution in [-0.2, 0) is 4.65 Å². The van der Waals surface area contributed by atoms with Crippen molar-refractivity contribution in [1.29, 1.82) is 0 Å². The molecule has 0 atom stereocenters. The Labute approximate surface area is 44.8 Å². The quantitative estimate of drug-likeness (QED) is 0.514. The van der Waals surface area contributed by atoms with Crippen LogP contribution in [0.2, 0.25) is 0 Å². The number of hydrogen-bond donors (Lipinski definition) is 1. The highest BCUT2D eigenvalue weighted by Gasteiger charge is 1.91. The first-order valence-electron chi connectivity index (χ1n) is 2.35. The Morgan fingerprint density at radius 2 is 2.29 bits per heavy atom. The summed E-state index contributed by atoms with van der Waals surface area (Å²) < 4.78 is 4.53. The van der Waals surface area contributed by atoms with Gasteiger partial charge in [-0.15, -0.1) is 0 Å². The van der Waals surface area contributed by atoms with Crippen LogP contribution in [0.15, 0.2) is 0 Å². The Morgan fingerprint density at radius 1 is 1.71 bits per heavy atom. The van der Waals surface area contributed by atoms with Crippen LogP contribution < -0.4 is 0 Å². The van der Waals surface area contributed by atoms with Crippen LogP contribution in [0.4, 0.5) is 0 Å². The normalized spacial score (nSPS) is 9.71. The molecule has 0 rings (SSSR count). The molecule has 0 bridgehead atoms. The summed E-state index contributed by atoms with van der Waals surface area (Å²) in [4.78, 5) is 0. The molecule has 0 aliphatic rings. The third kappa shape index (κ3) is 5.98. The van der Waals surface area contributed by atoms with Gasteiger partial charge >= 0.3 is 7.69 Å². The van der Waals surface area contributed by atoms with E-state index in [0.29, 0.717) is 12.5 Å². The van der Waals surface area contributed by atoms with Gasteiger partial charge in [-0.25, -0.2) is 0 Å². The van der Waals surface area contributed by atoms with Gasteiger partial charge in [-0.1, -0.05) is 13.8 Å².